The molecule has 1 heterocycles. The van der Waals surface area contributed by atoms with Crippen molar-refractivity contribution in [2.45, 2.75) is 0 Å². The van der Waals surface area contributed by atoms with Crippen molar-refractivity contribution in [3.63, 3.8) is 0 Å². The lowest BCUT2D eigenvalue weighted by atomic mass is 10.6. The van der Waals surface area contributed by atoms with E-state index in [0.717, 1.165) is 0 Å². The number of aromatic hydroxyl groups is 2. The van der Waals surface area contributed by atoms with Crippen LogP contribution in [0.3, 0.4) is 0 Å². The standard InChI is InChI=1S/C6H6ClNO4/c7-3-6(11)12-8-4(9)1-2-5(8)10/h1-2,9-10H,3H2. The quantitative estimate of drug-likeness (QED) is 0.650. The Balaban J connectivity index is 2.80. The molecule has 0 aliphatic carbocycles. The predicted octanol–water partition coefficient (Wildman–Crippen LogP) is 0.0933. The number of hydrogen-bond acceptors (Lipinski definition) is 4. The van der Waals surface area contributed by atoms with E-state index in [1.54, 1.807) is 0 Å². The first-order chi connectivity index (χ1) is 5.65. The maximum Gasteiger partial charge on any atom is 0.347 e. The molecular weight excluding hydrogens is 186 g/mol. The average Bonchev–Trinajstić information content (AvgIpc) is 2.35. The van der Waals surface area contributed by atoms with Gasteiger partial charge in [-0.25, -0.2) is 4.79 Å². The lowest BCUT2D eigenvalue weighted by Crippen LogP contribution is -2.19. The van der Waals surface area contributed by atoms with E-state index < -0.39 is 5.97 Å². The molecule has 66 valence electrons. The van der Waals surface area contributed by atoms with Crippen LogP contribution in [0.5, 0.6) is 11.8 Å². The number of aromatic nitrogens is 1. The third-order valence-corrected chi connectivity index (χ3v) is 1.32. The lowest BCUT2D eigenvalue weighted by molar-refractivity contribution is -0.142. The molecule has 5 nitrogen and oxygen atoms in total. The predicted molar refractivity (Wildman–Crippen MR) is 40.1 cm³/mol. The largest absolute Gasteiger partial charge is 0.492 e. The molecule has 0 aliphatic heterocycles. The Labute approximate surface area is 72.7 Å². The Morgan fingerprint density at radius 1 is 1.50 bits per heavy atom. The summed E-state index contributed by atoms with van der Waals surface area (Å²) in [7, 11) is 0. The Kier molecular flexibility index (Phi) is 2.44. The molecule has 1 rings (SSSR count). The summed E-state index contributed by atoms with van der Waals surface area (Å²) >= 11 is 5.12. The molecule has 0 amide bonds. The van der Waals surface area contributed by atoms with Gasteiger partial charge in [-0.3, -0.25) is 0 Å². The zero-order valence-corrected chi connectivity index (χ0v) is 6.65. The SMILES string of the molecule is O=C(CCl)On1c(O)ccc1O. The van der Waals surface area contributed by atoms with E-state index in [4.69, 9.17) is 21.8 Å². The van der Waals surface area contributed by atoms with Crippen LogP contribution in [0.4, 0.5) is 0 Å². The normalized spacial score (nSPS) is 9.75. The second-order valence-electron chi connectivity index (χ2n) is 1.94. The van der Waals surface area contributed by atoms with Crippen LogP contribution < -0.4 is 4.84 Å². The van der Waals surface area contributed by atoms with Crippen molar-refractivity contribution in [1.82, 2.24) is 4.73 Å². The molecule has 0 bridgehead atoms. The molecule has 0 fully saturated rings. The van der Waals surface area contributed by atoms with Gasteiger partial charge in [-0.1, -0.05) is 0 Å². The number of alkyl halides is 1. The van der Waals surface area contributed by atoms with Crippen molar-refractivity contribution >= 4 is 17.6 Å². The molecule has 2 N–H and O–H groups in total. The van der Waals surface area contributed by atoms with Crippen LogP contribution in [0.2, 0.25) is 0 Å². The fourth-order valence-electron chi connectivity index (χ4n) is 0.622. The van der Waals surface area contributed by atoms with Gasteiger partial charge >= 0.3 is 5.97 Å². The van der Waals surface area contributed by atoms with Gasteiger partial charge in [0.1, 0.15) is 5.88 Å². The zero-order chi connectivity index (χ0) is 9.14. The van der Waals surface area contributed by atoms with Crippen LogP contribution in [0, 0.1) is 0 Å². The van der Waals surface area contributed by atoms with Crippen LogP contribution in [0.25, 0.3) is 0 Å². The first-order valence-electron chi connectivity index (χ1n) is 3.02. The Bertz CT molecular complexity index is 276. The van der Waals surface area contributed by atoms with Crippen LogP contribution in [-0.4, -0.2) is 26.8 Å². The van der Waals surface area contributed by atoms with Crippen molar-refractivity contribution in [1.29, 1.82) is 0 Å². The van der Waals surface area contributed by atoms with Crippen LogP contribution in [-0.2, 0) is 4.79 Å². The third-order valence-electron chi connectivity index (χ3n) is 1.10. The van der Waals surface area contributed by atoms with Crippen molar-refractivity contribution in [3.8, 4) is 11.8 Å². The lowest BCUT2D eigenvalue weighted by Gasteiger charge is -2.03. The minimum Gasteiger partial charge on any atom is -0.492 e. The van der Waals surface area contributed by atoms with Gasteiger partial charge < -0.3 is 15.1 Å². The summed E-state index contributed by atoms with van der Waals surface area (Å²) in [4.78, 5) is 15.0. The molecule has 1 aromatic rings. The van der Waals surface area contributed by atoms with Gasteiger partial charge in [0.2, 0.25) is 11.8 Å². The fourth-order valence-corrected chi connectivity index (χ4v) is 0.670. The van der Waals surface area contributed by atoms with E-state index in [1.807, 2.05) is 0 Å². The fraction of sp³-hybridized carbons (Fsp3) is 0.167. The van der Waals surface area contributed by atoms with Gasteiger partial charge in [-0.05, 0) is 0 Å². The van der Waals surface area contributed by atoms with Crippen LogP contribution in [0.1, 0.15) is 0 Å². The molecule has 12 heavy (non-hydrogen) atoms. The summed E-state index contributed by atoms with van der Waals surface area (Å²) in [6, 6.07) is 2.35. The number of carbonyl (C=O) groups is 1. The number of carbonyl (C=O) groups excluding carboxylic acids is 1. The number of rotatable bonds is 2. The van der Waals surface area contributed by atoms with Gasteiger partial charge in [0, 0.05) is 12.1 Å². The monoisotopic (exact) mass is 191 g/mol. The molecule has 6 heteroatoms. The maximum atomic E-state index is 10.6. The molecule has 0 unspecified atom stereocenters. The molecule has 0 saturated carbocycles. The Morgan fingerprint density at radius 3 is 2.42 bits per heavy atom. The highest BCUT2D eigenvalue weighted by Crippen LogP contribution is 2.18. The van der Waals surface area contributed by atoms with Gasteiger partial charge in [0.05, 0.1) is 0 Å². The number of nitrogens with zero attached hydrogens (tertiary/aromatic N) is 1. The summed E-state index contributed by atoms with van der Waals surface area (Å²) in [5.74, 6) is -1.85. The van der Waals surface area contributed by atoms with Gasteiger partial charge in [-0.15, -0.1) is 16.3 Å². The van der Waals surface area contributed by atoms with E-state index >= 15 is 0 Å². The van der Waals surface area contributed by atoms with E-state index in [2.05, 4.69) is 4.84 Å². The van der Waals surface area contributed by atoms with E-state index in [-0.39, 0.29) is 17.6 Å². The first-order valence-corrected chi connectivity index (χ1v) is 3.55. The Hall–Kier alpha value is -1.36. The summed E-state index contributed by atoms with van der Waals surface area (Å²) < 4.78 is 0.574. The zero-order valence-electron chi connectivity index (χ0n) is 5.90. The molecule has 0 spiro atoms. The number of hydrogen-bond donors (Lipinski definition) is 2. The average molecular weight is 192 g/mol. The van der Waals surface area contributed by atoms with Gasteiger partial charge in [0.25, 0.3) is 0 Å². The molecule has 0 aliphatic rings. The summed E-state index contributed by atoms with van der Waals surface area (Å²) in [5, 5.41) is 17.9. The van der Waals surface area contributed by atoms with Crippen molar-refractivity contribution < 1.29 is 19.8 Å². The molecule has 0 saturated heterocycles. The minimum absolute atomic E-state index is 0.350. The number of halogens is 1. The highest BCUT2D eigenvalue weighted by molar-refractivity contribution is 6.26. The molecule has 0 radical (unpaired) electrons. The van der Waals surface area contributed by atoms with Crippen LogP contribution >= 0.6 is 11.6 Å². The summed E-state index contributed by atoms with van der Waals surface area (Å²) in [6.07, 6.45) is 0. The van der Waals surface area contributed by atoms with Crippen molar-refractivity contribution in [3.05, 3.63) is 12.1 Å². The highest BCUT2D eigenvalue weighted by atomic mass is 35.5. The smallest absolute Gasteiger partial charge is 0.347 e. The highest BCUT2D eigenvalue weighted by Gasteiger charge is 2.10. The van der Waals surface area contributed by atoms with Crippen molar-refractivity contribution in [2.24, 2.45) is 0 Å². The van der Waals surface area contributed by atoms with Gasteiger partial charge in [-0.2, -0.15) is 0 Å². The second-order valence-corrected chi connectivity index (χ2v) is 2.21. The summed E-state index contributed by atoms with van der Waals surface area (Å²) in [6.45, 7) is 0. The minimum atomic E-state index is -0.765. The molecule has 0 aromatic carbocycles. The topological polar surface area (TPSA) is 71.7 Å². The molecular formula is C6H6ClNO4. The summed E-state index contributed by atoms with van der Waals surface area (Å²) in [5.41, 5.74) is 0. The molecule has 0 atom stereocenters. The maximum absolute atomic E-state index is 10.6. The molecule has 1 aromatic heterocycles. The first kappa shape index (κ1) is 8.73. The van der Waals surface area contributed by atoms with E-state index in [0.29, 0.717) is 4.73 Å². The van der Waals surface area contributed by atoms with E-state index in [9.17, 15) is 4.79 Å². The van der Waals surface area contributed by atoms with Crippen molar-refractivity contribution in [2.75, 3.05) is 5.88 Å². The Morgan fingerprint density at radius 2 is 2.00 bits per heavy atom. The second kappa shape index (κ2) is 3.36. The third kappa shape index (κ3) is 1.62. The van der Waals surface area contributed by atoms with Gasteiger partial charge in [0.15, 0.2) is 0 Å². The van der Waals surface area contributed by atoms with Crippen LogP contribution in [0.15, 0.2) is 12.1 Å². The van der Waals surface area contributed by atoms with E-state index in [1.165, 1.54) is 12.1 Å².